The van der Waals surface area contributed by atoms with E-state index < -0.39 is 42.7 Å². The van der Waals surface area contributed by atoms with Crippen molar-refractivity contribution in [1.82, 2.24) is 5.32 Å². The topological polar surface area (TPSA) is 24.1 Å². The zero-order chi connectivity index (χ0) is 25.1. The molecule has 3 aromatic rings. The van der Waals surface area contributed by atoms with Crippen LogP contribution in [-0.2, 0) is 0 Å². The molecule has 0 bridgehead atoms. The first kappa shape index (κ1) is 25.5. The molecule has 0 saturated heterocycles. The van der Waals surface area contributed by atoms with E-state index in [0.717, 1.165) is 19.3 Å². The smallest absolute Gasteiger partial charge is 0.200 e. The van der Waals surface area contributed by atoms with Crippen molar-refractivity contribution in [2.75, 3.05) is 5.32 Å². The first-order valence-corrected chi connectivity index (χ1v) is 13.1. The molecule has 184 valence electrons. The maximum atomic E-state index is 14.1. The molecule has 1 aliphatic carbocycles. The third-order valence-corrected chi connectivity index (χ3v) is 9.61. The van der Waals surface area contributed by atoms with Crippen molar-refractivity contribution in [3.63, 3.8) is 0 Å². The van der Waals surface area contributed by atoms with Gasteiger partial charge in [0.2, 0.25) is 5.82 Å². The summed E-state index contributed by atoms with van der Waals surface area (Å²) < 4.78 is 68.6. The summed E-state index contributed by atoms with van der Waals surface area (Å²) in [7, 11) is -0.684. The van der Waals surface area contributed by atoms with Crippen LogP contribution in [0.3, 0.4) is 0 Å². The first-order chi connectivity index (χ1) is 16.8. The summed E-state index contributed by atoms with van der Waals surface area (Å²) >= 11 is 5.19. The molecule has 0 radical (unpaired) electrons. The Hall–Kier alpha value is -2.57. The van der Waals surface area contributed by atoms with Crippen LogP contribution >= 0.6 is 20.1 Å². The number of halogens is 5. The fourth-order valence-electron chi connectivity index (χ4n) is 4.76. The van der Waals surface area contributed by atoms with E-state index in [1.165, 1.54) is 10.6 Å². The first-order valence-electron chi connectivity index (χ1n) is 11.3. The fraction of sp³-hybridized carbons (Fsp3) is 0.269. The molecule has 4 rings (SSSR count). The molecule has 0 amide bonds. The standard InChI is InChI=1S/C26H24F5N2PS/c1-15(32-26(35)33-25-23(30)21(28)20(27)22(29)24(25)31)18-13-8-14-19(18)34(16-9-4-2-5-10-16)17-11-6-3-7-12-17/h2-7,9-12,15,18-19H,8,13-14H2,1H3,(H2,32,33,35)/t15-,18+,19?/m1/s1. The molecule has 1 aliphatic rings. The van der Waals surface area contributed by atoms with E-state index in [1.807, 2.05) is 43.3 Å². The third-order valence-electron chi connectivity index (χ3n) is 6.38. The van der Waals surface area contributed by atoms with Crippen LogP contribution in [0.1, 0.15) is 26.2 Å². The summed E-state index contributed by atoms with van der Waals surface area (Å²) in [6.45, 7) is 1.93. The second-order valence-electron chi connectivity index (χ2n) is 8.54. The maximum absolute atomic E-state index is 14.1. The van der Waals surface area contributed by atoms with Crippen LogP contribution in [0.25, 0.3) is 0 Å². The van der Waals surface area contributed by atoms with E-state index in [2.05, 4.69) is 34.9 Å². The maximum Gasteiger partial charge on any atom is 0.200 e. The van der Waals surface area contributed by atoms with Gasteiger partial charge in [0.1, 0.15) is 5.69 Å². The summed E-state index contributed by atoms with van der Waals surface area (Å²) in [6, 6.07) is 20.5. The molecule has 1 fully saturated rings. The summed E-state index contributed by atoms with van der Waals surface area (Å²) in [4.78, 5) is 0. The minimum Gasteiger partial charge on any atom is -0.360 e. The number of anilines is 1. The highest BCUT2D eigenvalue weighted by molar-refractivity contribution is 7.80. The lowest BCUT2D eigenvalue weighted by atomic mass is 9.99. The highest BCUT2D eigenvalue weighted by atomic mass is 32.1. The third kappa shape index (κ3) is 5.34. The normalized spacial score (nSPS) is 18.5. The highest BCUT2D eigenvalue weighted by Crippen LogP contribution is 2.51. The lowest BCUT2D eigenvalue weighted by molar-refractivity contribution is 0.382. The van der Waals surface area contributed by atoms with Crippen molar-refractivity contribution in [3.8, 4) is 0 Å². The Morgan fingerprint density at radius 2 is 1.29 bits per heavy atom. The van der Waals surface area contributed by atoms with Crippen molar-refractivity contribution < 1.29 is 22.0 Å². The minimum atomic E-state index is -2.21. The van der Waals surface area contributed by atoms with E-state index in [0.29, 0.717) is 5.66 Å². The van der Waals surface area contributed by atoms with Crippen molar-refractivity contribution >= 4 is 41.5 Å². The predicted molar refractivity (Wildman–Crippen MR) is 135 cm³/mol. The molecule has 35 heavy (non-hydrogen) atoms. The molecule has 2 nitrogen and oxygen atoms in total. The molecular formula is C26H24F5N2PS. The van der Waals surface area contributed by atoms with Gasteiger partial charge in [-0.2, -0.15) is 0 Å². The number of thiocarbonyl (C=S) groups is 1. The van der Waals surface area contributed by atoms with E-state index in [4.69, 9.17) is 12.2 Å². The molecule has 3 aromatic carbocycles. The number of hydrogen-bond donors (Lipinski definition) is 2. The van der Waals surface area contributed by atoms with Gasteiger partial charge in [-0.1, -0.05) is 67.1 Å². The number of benzene rings is 3. The Balaban J connectivity index is 1.55. The molecule has 1 saturated carbocycles. The van der Waals surface area contributed by atoms with Crippen LogP contribution in [0, 0.1) is 35.0 Å². The quantitative estimate of drug-likeness (QED) is 0.130. The zero-order valence-corrected chi connectivity index (χ0v) is 20.6. The lowest BCUT2D eigenvalue weighted by Gasteiger charge is -2.34. The number of rotatable bonds is 6. The van der Waals surface area contributed by atoms with Crippen LogP contribution < -0.4 is 21.2 Å². The molecule has 0 heterocycles. The molecule has 2 N–H and O–H groups in total. The Kier molecular flexibility index (Phi) is 8.02. The molecule has 3 atom stereocenters. The van der Waals surface area contributed by atoms with Crippen molar-refractivity contribution in [3.05, 3.63) is 89.7 Å². The number of nitrogens with one attached hydrogen (secondary N) is 2. The summed E-state index contributed by atoms with van der Waals surface area (Å²) in [5.74, 6) is -9.95. The van der Waals surface area contributed by atoms with E-state index in [9.17, 15) is 22.0 Å². The Labute approximate surface area is 207 Å². The summed E-state index contributed by atoms with van der Waals surface area (Å²) in [5.41, 5.74) is -0.834. The van der Waals surface area contributed by atoms with Crippen LogP contribution in [0.2, 0.25) is 0 Å². The van der Waals surface area contributed by atoms with Crippen LogP contribution in [0.5, 0.6) is 0 Å². The molecule has 9 heteroatoms. The zero-order valence-electron chi connectivity index (χ0n) is 18.9. The lowest BCUT2D eigenvalue weighted by Crippen LogP contribution is -2.43. The second-order valence-corrected chi connectivity index (χ2v) is 11.4. The van der Waals surface area contributed by atoms with Gasteiger partial charge in [-0.25, -0.2) is 22.0 Å². The molecule has 0 aromatic heterocycles. The van der Waals surface area contributed by atoms with Crippen molar-refractivity contribution in [2.24, 2.45) is 5.92 Å². The monoisotopic (exact) mass is 522 g/mol. The van der Waals surface area contributed by atoms with E-state index >= 15 is 0 Å². The van der Waals surface area contributed by atoms with Gasteiger partial charge in [-0.15, -0.1) is 0 Å². The molecular weight excluding hydrogens is 498 g/mol. The van der Waals surface area contributed by atoms with Gasteiger partial charge in [0.05, 0.1) is 0 Å². The Morgan fingerprint density at radius 1 is 0.800 bits per heavy atom. The molecule has 0 spiro atoms. The van der Waals surface area contributed by atoms with Gasteiger partial charge in [0.15, 0.2) is 28.4 Å². The highest BCUT2D eigenvalue weighted by Gasteiger charge is 2.38. The predicted octanol–water partition coefficient (Wildman–Crippen LogP) is 6.36. The number of hydrogen-bond acceptors (Lipinski definition) is 1. The summed E-state index contributed by atoms with van der Waals surface area (Å²) in [6.07, 6.45) is 2.98. The van der Waals surface area contributed by atoms with Gasteiger partial charge < -0.3 is 10.6 Å². The fourth-order valence-corrected chi connectivity index (χ4v) is 8.33. The van der Waals surface area contributed by atoms with Gasteiger partial charge in [0.25, 0.3) is 0 Å². The van der Waals surface area contributed by atoms with Gasteiger partial charge >= 0.3 is 0 Å². The average Bonchev–Trinajstić information content (AvgIpc) is 3.35. The van der Waals surface area contributed by atoms with Crippen molar-refractivity contribution in [2.45, 2.75) is 37.9 Å². The minimum absolute atomic E-state index is 0.192. The van der Waals surface area contributed by atoms with Gasteiger partial charge in [-0.3, -0.25) is 0 Å². The van der Waals surface area contributed by atoms with Crippen LogP contribution in [0.4, 0.5) is 27.6 Å². The van der Waals surface area contributed by atoms with Crippen LogP contribution in [0.15, 0.2) is 60.7 Å². The van der Waals surface area contributed by atoms with Gasteiger partial charge in [-0.05, 0) is 62.1 Å². The van der Waals surface area contributed by atoms with E-state index in [1.54, 1.807) is 0 Å². The molecule has 0 aliphatic heterocycles. The average molecular weight is 523 g/mol. The van der Waals surface area contributed by atoms with Crippen molar-refractivity contribution in [1.29, 1.82) is 0 Å². The summed E-state index contributed by atoms with van der Waals surface area (Å²) in [5, 5.41) is 7.53. The SMILES string of the molecule is C[C@@H](NC(=S)Nc1c(F)c(F)c(F)c(F)c1F)[C@@H]1CCCC1P(c1ccccc1)c1ccccc1. The second kappa shape index (κ2) is 11.0. The van der Waals surface area contributed by atoms with E-state index in [-0.39, 0.29) is 17.1 Å². The molecule has 1 unspecified atom stereocenters. The van der Waals surface area contributed by atoms with Gasteiger partial charge in [0, 0.05) is 6.04 Å². The largest absolute Gasteiger partial charge is 0.360 e. The van der Waals surface area contributed by atoms with Crippen LogP contribution in [-0.4, -0.2) is 16.8 Å². The Bertz CT molecular complexity index is 1130. The Morgan fingerprint density at radius 3 is 1.80 bits per heavy atom.